The van der Waals surface area contributed by atoms with Gasteiger partial charge in [-0.2, -0.15) is 0 Å². The molecule has 9 heavy (non-hydrogen) atoms. The second-order valence-electron chi connectivity index (χ2n) is 4.10. The highest BCUT2D eigenvalue weighted by Crippen LogP contribution is 2.66. The van der Waals surface area contributed by atoms with Crippen molar-refractivity contribution in [3.8, 4) is 0 Å². The Kier molecular flexibility index (Phi) is 0.852. The lowest BCUT2D eigenvalue weighted by molar-refractivity contribution is 0.138. The number of aliphatic hydroxyl groups excluding tert-OH is 1. The molecular weight excluding hydrogens is 112 g/mol. The van der Waals surface area contributed by atoms with E-state index in [1.165, 1.54) is 6.42 Å². The van der Waals surface area contributed by atoms with E-state index >= 15 is 0 Å². The first kappa shape index (κ1) is 5.72. The van der Waals surface area contributed by atoms with Crippen LogP contribution in [-0.4, -0.2) is 11.2 Å². The van der Waals surface area contributed by atoms with E-state index in [4.69, 9.17) is 0 Å². The summed E-state index contributed by atoms with van der Waals surface area (Å²) in [6, 6.07) is 0. The minimum absolute atomic E-state index is 0.0324. The molecule has 0 saturated heterocycles. The van der Waals surface area contributed by atoms with Gasteiger partial charge in [0.15, 0.2) is 0 Å². The summed E-state index contributed by atoms with van der Waals surface area (Å²) in [5.74, 6) is 1.50. The third-order valence-corrected chi connectivity index (χ3v) is 3.33. The van der Waals surface area contributed by atoms with Crippen LogP contribution in [0.25, 0.3) is 0 Å². The summed E-state index contributed by atoms with van der Waals surface area (Å²) in [5, 5.41) is 9.37. The summed E-state index contributed by atoms with van der Waals surface area (Å²) in [7, 11) is 0. The Morgan fingerprint density at radius 3 is 2.22 bits per heavy atom. The van der Waals surface area contributed by atoms with Gasteiger partial charge in [0.25, 0.3) is 0 Å². The number of hydrogen-bond acceptors (Lipinski definition) is 1. The molecule has 0 aromatic heterocycles. The lowest BCUT2D eigenvalue weighted by Crippen LogP contribution is -2.10. The van der Waals surface area contributed by atoms with E-state index in [-0.39, 0.29) is 6.10 Å². The van der Waals surface area contributed by atoms with Crippen LogP contribution in [0.2, 0.25) is 0 Å². The van der Waals surface area contributed by atoms with Crippen LogP contribution < -0.4 is 0 Å². The quantitative estimate of drug-likeness (QED) is 0.520. The largest absolute Gasteiger partial charge is 0.393 e. The fourth-order valence-electron chi connectivity index (χ4n) is 2.63. The average Bonchev–Trinajstić information content (AvgIpc) is 2.19. The second kappa shape index (κ2) is 1.34. The predicted octanol–water partition coefficient (Wildman–Crippen LogP) is 1.41. The highest BCUT2D eigenvalue weighted by atomic mass is 16.3. The lowest BCUT2D eigenvalue weighted by Gasteiger charge is -2.10. The Hall–Kier alpha value is -0.0400. The Balaban J connectivity index is 2.14. The van der Waals surface area contributed by atoms with E-state index in [1.807, 2.05) is 0 Å². The molecule has 2 aliphatic rings. The topological polar surface area (TPSA) is 20.2 Å². The van der Waals surface area contributed by atoms with Crippen molar-refractivity contribution in [3.63, 3.8) is 0 Å². The van der Waals surface area contributed by atoms with Gasteiger partial charge in [-0.1, -0.05) is 13.8 Å². The minimum Gasteiger partial charge on any atom is -0.393 e. The van der Waals surface area contributed by atoms with Crippen molar-refractivity contribution in [2.45, 2.75) is 32.8 Å². The van der Waals surface area contributed by atoms with E-state index in [1.54, 1.807) is 0 Å². The van der Waals surface area contributed by atoms with Crippen molar-refractivity contribution in [2.75, 3.05) is 0 Å². The smallest absolute Gasteiger partial charge is 0.0576 e. The summed E-state index contributed by atoms with van der Waals surface area (Å²) < 4.78 is 0. The van der Waals surface area contributed by atoms with Crippen LogP contribution in [0.3, 0.4) is 0 Å². The van der Waals surface area contributed by atoms with Crippen molar-refractivity contribution in [3.05, 3.63) is 0 Å². The van der Waals surface area contributed by atoms with Crippen LogP contribution in [0, 0.1) is 17.3 Å². The molecule has 2 saturated carbocycles. The first-order valence-corrected chi connectivity index (χ1v) is 3.82. The molecule has 0 aromatic carbocycles. The van der Waals surface area contributed by atoms with Crippen LogP contribution >= 0.6 is 0 Å². The van der Waals surface area contributed by atoms with Crippen LogP contribution in [-0.2, 0) is 0 Å². The Morgan fingerprint density at radius 1 is 1.33 bits per heavy atom. The van der Waals surface area contributed by atoms with Crippen LogP contribution in [0.5, 0.6) is 0 Å². The molecule has 1 N–H and O–H groups in total. The molecule has 52 valence electrons. The maximum Gasteiger partial charge on any atom is 0.0576 e. The zero-order chi connectivity index (χ0) is 6.65. The van der Waals surface area contributed by atoms with E-state index < -0.39 is 0 Å². The monoisotopic (exact) mass is 126 g/mol. The summed E-state index contributed by atoms with van der Waals surface area (Å²) in [6.07, 6.45) is 2.35. The van der Waals surface area contributed by atoms with Gasteiger partial charge in [-0.15, -0.1) is 0 Å². The molecule has 2 rings (SSSR count). The lowest BCUT2D eigenvalue weighted by atomic mass is 9.99. The molecule has 3 atom stereocenters. The molecule has 0 aromatic rings. The molecule has 1 heteroatoms. The van der Waals surface area contributed by atoms with Crippen molar-refractivity contribution >= 4 is 0 Å². The Bertz CT molecular complexity index is 140. The van der Waals surface area contributed by atoms with E-state index in [2.05, 4.69) is 13.8 Å². The highest BCUT2D eigenvalue weighted by Gasteiger charge is 2.63. The van der Waals surface area contributed by atoms with Crippen molar-refractivity contribution in [2.24, 2.45) is 17.3 Å². The molecule has 0 unspecified atom stereocenters. The molecule has 0 amide bonds. The number of aliphatic hydroxyl groups is 1. The van der Waals surface area contributed by atoms with E-state index in [9.17, 15) is 5.11 Å². The molecule has 2 aliphatic carbocycles. The maximum atomic E-state index is 9.37. The summed E-state index contributed by atoms with van der Waals surface area (Å²) in [5.41, 5.74) is 0.484. The molecule has 0 spiro atoms. The zero-order valence-electron chi connectivity index (χ0n) is 6.09. The molecular formula is C8H14O. The van der Waals surface area contributed by atoms with Gasteiger partial charge < -0.3 is 5.11 Å². The van der Waals surface area contributed by atoms with Crippen molar-refractivity contribution in [1.82, 2.24) is 0 Å². The predicted molar refractivity (Wildman–Crippen MR) is 36.0 cm³/mol. The maximum absolute atomic E-state index is 9.37. The molecule has 1 nitrogen and oxygen atoms in total. The standard InChI is InChI=1S/C8H14O/c1-8(2)5-3-4-6(9)7(5)8/h5-7,9H,3-4H2,1-2H3/t5-,6-,7-/m1/s1. The average molecular weight is 126 g/mol. The molecule has 2 fully saturated rings. The van der Waals surface area contributed by atoms with Gasteiger partial charge in [-0.25, -0.2) is 0 Å². The normalized spacial score (nSPS) is 53.0. The Labute approximate surface area is 56.1 Å². The Morgan fingerprint density at radius 2 is 2.00 bits per heavy atom. The fraction of sp³-hybridized carbons (Fsp3) is 1.00. The molecule has 0 radical (unpaired) electrons. The second-order valence-corrected chi connectivity index (χ2v) is 4.10. The van der Waals surface area contributed by atoms with Crippen LogP contribution in [0.15, 0.2) is 0 Å². The molecule has 0 bridgehead atoms. The zero-order valence-corrected chi connectivity index (χ0v) is 6.09. The van der Waals surface area contributed by atoms with E-state index in [0.717, 1.165) is 12.3 Å². The van der Waals surface area contributed by atoms with Crippen molar-refractivity contribution in [1.29, 1.82) is 0 Å². The van der Waals surface area contributed by atoms with Gasteiger partial charge in [0.2, 0.25) is 0 Å². The summed E-state index contributed by atoms with van der Waals surface area (Å²) >= 11 is 0. The van der Waals surface area contributed by atoms with Gasteiger partial charge in [-0.3, -0.25) is 0 Å². The third-order valence-electron chi connectivity index (χ3n) is 3.33. The number of rotatable bonds is 0. The fourth-order valence-corrected chi connectivity index (χ4v) is 2.63. The first-order chi connectivity index (χ1) is 4.14. The highest BCUT2D eigenvalue weighted by molar-refractivity contribution is 5.11. The van der Waals surface area contributed by atoms with Gasteiger partial charge in [0, 0.05) is 0 Å². The van der Waals surface area contributed by atoms with E-state index in [0.29, 0.717) is 11.3 Å². The van der Waals surface area contributed by atoms with Gasteiger partial charge >= 0.3 is 0 Å². The first-order valence-electron chi connectivity index (χ1n) is 3.82. The number of hydrogen-bond donors (Lipinski definition) is 1. The summed E-state index contributed by atoms with van der Waals surface area (Å²) in [4.78, 5) is 0. The minimum atomic E-state index is 0.0324. The van der Waals surface area contributed by atoms with Gasteiger partial charge in [0.1, 0.15) is 0 Å². The SMILES string of the molecule is CC1(C)[C@H]2[C@H](O)CC[C@H]21. The van der Waals surface area contributed by atoms with Gasteiger partial charge in [-0.05, 0) is 30.1 Å². The van der Waals surface area contributed by atoms with Gasteiger partial charge in [0.05, 0.1) is 6.10 Å². The molecule has 0 heterocycles. The van der Waals surface area contributed by atoms with Crippen molar-refractivity contribution < 1.29 is 5.11 Å². The molecule has 0 aliphatic heterocycles. The number of fused-ring (bicyclic) bond motifs is 1. The third kappa shape index (κ3) is 0.536. The van der Waals surface area contributed by atoms with Crippen LogP contribution in [0.4, 0.5) is 0 Å². The van der Waals surface area contributed by atoms with Crippen LogP contribution in [0.1, 0.15) is 26.7 Å². The summed E-state index contributed by atoms with van der Waals surface area (Å²) in [6.45, 7) is 4.54.